The molecular weight excluding hydrogens is 268 g/mol. The van der Waals surface area contributed by atoms with Gasteiger partial charge >= 0.3 is 5.97 Å². The Morgan fingerprint density at radius 2 is 1.81 bits per heavy atom. The number of carbonyl (C=O) groups is 2. The number of amides is 1. The number of nitrogens with zero attached hydrogens (tertiary/aromatic N) is 1. The van der Waals surface area contributed by atoms with Crippen LogP contribution in [0.4, 0.5) is 11.4 Å². The summed E-state index contributed by atoms with van der Waals surface area (Å²) in [5.41, 5.74) is 3.62. The molecule has 1 aliphatic heterocycles. The molecule has 5 nitrogen and oxygen atoms in total. The fourth-order valence-corrected chi connectivity index (χ4v) is 2.58. The molecule has 2 unspecified atom stereocenters. The highest BCUT2D eigenvalue weighted by molar-refractivity contribution is 6.08. The van der Waals surface area contributed by atoms with Gasteiger partial charge in [-0.25, -0.2) is 4.79 Å². The van der Waals surface area contributed by atoms with Crippen molar-refractivity contribution in [1.82, 2.24) is 0 Å². The van der Waals surface area contributed by atoms with Crippen molar-refractivity contribution in [3.05, 3.63) is 23.3 Å². The molecule has 2 N–H and O–H groups in total. The highest BCUT2D eigenvalue weighted by Gasteiger charge is 2.39. The Morgan fingerprint density at radius 1 is 1.24 bits per heavy atom. The predicted octanol–water partition coefficient (Wildman–Crippen LogP) is 2.56. The molecule has 1 aromatic rings. The highest BCUT2D eigenvalue weighted by atomic mass is 16.4. The first kappa shape index (κ1) is 15.4. The quantitative estimate of drug-likeness (QED) is 0.897. The monoisotopic (exact) mass is 290 g/mol. The Bertz CT molecular complexity index is 595. The minimum atomic E-state index is -1.00. The average Bonchev–Trinajstić information content (AvgIpc) is 2.39. The van der Waals surface area contributed by atoms with E-state index in [-0.39, 0.29) is 11.8 Å². The number of anilines is 2. The van der Waals surface area contributed by atoms with Gasteiger partial charge in [0.2, 0.25) is 0 Å². The smallest absolute Gasteiger partial charge is 0.326 e. The maximum absolute atomic E-state index is 12.7. The summed E-state index contributed by atoms with van der Waals surface area (Å²) in [6.45, 7) is 9.40. The number of aryl methyl sites for hydroxylation is 2. The van der Waals surface area contributed by atoms with Crippen molar-refractivity contribution in [2.24, 2.45) is 5.92 Å². The van der Waals surface area contributed by atoms with Gasteiger partial charge in [-0.15, -0.1) is 0 Å². The van der Waals surface area contributed by atoms with E-state index >= 15 is 0 Å². The van der Waals surface area contributed by atoms with Crippen LogP contribution in [0.2, 0.25) is 0 Å². The van der Waals surface area contributed by atoms with E-state index < -0.39 is 18.1 Å². The summed E-state index contributed by atoms with van der Waals surface area (Å²) in [6, 6.07) is 2.57. The van der Waals surface area contributed by atoms with E-state index in [0.29, 0.717) is 5.69 Å². The second-order valence-electron chi connectivity index (χ2n) is 6.04. The zero-order valence-corrected chi connectivity index (χ0v) is 13.1. The van der Waals surface area contributed by atoms with Crippen molar-refractivity contribution in [1.29, 1.82) is 0 Å². The van der Waals surface area contributed by atoms with Gasteiger partial charge in [-0.1, -0.05) is 13.8 Å². The number of carboxylic acids is 1. The van der Waals surface area contributed by atoms with Gasteiger partial charge in [0.05, 0.1) is 11.4 Å². The van der Waals surface area contributed by atoms with Crippen LogP contribution in [0.1, 0.15) is 31.9 Å². The maximum Gasteiger partial charge on any atom is 0.326 e. The first-order valence-electron chi connectivity index (χ1n) is 7.17. The van der Waals surface area contributed by atoms with E-state index in [4.69, 9.17) is 0 Å². The van der Waals surface area contributed by atoms with Crippen LogP contribution in [-0.4, -0.2) is 29.1 Å². The minimum absolute atomic E-state index is 0.0794. The van der Waals surface area contributed by atoms with Crippen LogP contribution in [-0.2, 0) is 9.59 Å². The van der Waals surface area contributed by atoms with Crippen molar-refractivity contribution >= 4 is 23.3 Å². The zero-order chi connectivity index (χ0) is 15.9. The van der Waals surface area contributed by atoms with E-state index in [1.807, 2.05) is 39.8 Å². The van der Waals surface area contributed by atoms with Gasteiger partial charge in [0, 0.05) is 0 Å². The van der Waals surface area contributed by atoms with Gasteiger partial charge in [0.15, 0.2) is 0 Å². The summed E-state index contributed by atoms with van der Waals surface area (Å²) in [7, 11) is 0. The first-order valence-corrected chi connectivity index (χ1v) is 7.17. The number of rotatable bonds is 3. The standard InChI is InChI=1S/C16H22N2O3/c1-8(2)14-15(19)18(11(5)16(20)21)13-7-10(4)9(3)6-12(13)17-14/h6-8,11,14,17H,1-5H3,(H,20,21). The SMILES string of the molecule is Cc1cc2c(cc1C)N(C(C)C(=O)O)C(=O)C(C(C)C)N2. The van der Waals surface area contributed by atoms with Crippen molar-refractivity contribution in [2.45, 2.75) is 46.7 Å². The number of fused-ring (bicyclic) bond motifs is 1. The zero-order valence-electron chi connectivity index (χ0n) is 13.1. The largest absolute Gasteiger partial charge is 0.480 e. The molecule has 0 aliphatic carbocycles. The lowest BCUT2D eigenvalue weighted by atomic mass is 9.96. The molecule has 0 saturated carbocycles. The van der Waals surface area contributed by atoms with Crippen LogP contribution in [0.15, 0.2) is 12.1 Å². The van der Waals surface area contributed by atoms with Crippen molar-refractivity contribution < 1.29 is 14.7 Å². The molecule has 1 aromatic carbocycles. The topological polar surface area (TPSA) is 69.6 Å². The third-order valence-corrected chi connectivity index (χ3v) is 4.10. The van der Waals surface area contributed by atoms with E-state index in [2.05, 4.69) is 5.32 Å². The van der Waals surface area contributed by atoms with E-state index in [9.17, 15) is 14.7 Å². The second-order valence-corrected chi connectivity index (χ2v) is 6.04. The Labute approximate surface area is 125 Å². The molecule has 0 radical (unpaired) electrons. The summed E-state index contributed by atoms with van der Waals surface area (Å²) >= 11 is 0. The number of nitrogens with one attached hydrogen (secondary N) is 1. The Hall–Kier alpha value is -2.04. The number of benzene rings is 1. The molecule has 5 heteroatoms. The number of aliphatic carboxylic acids is 1. The lowest BCUT2D eigenvalue weighted by Crippen LogP contribution is -2.54. The molecule has 0 spiro atoms. The van der Waals surface area contributed by atoms with Crippen LogP contribution in [0.25, 0.3) is 0 Å². The fraction of sp³-hybridized carbons (Fsp3) is 0.500. The third-order valence-electron chi connectivity index (χ3n) is 4.10. The molecule has 21 heavy (non-hydrogen) atoms. The fourth-order valence-electron chi connectivity index (χ4n) is 2.58. The van der Waals surface area contributed by atoms with Crippen LogP contribution in [0.5, 0.6) is 0 Å². The third kappa shape index (κ3) is 2.60. The molecule has 0 saturated heterocycles. The van der Waals surface area contributed by atoms with Crippen LogP contribution >= 0.6 is 0 Å². The van der Waals surface area contributed by atoms with Gasteiger partial charge in [-0.05, 0) is 49.9 Å². The first-order chi connectivity index (χ1) is 9.73. The van der Waals surface area contributed by atoms with Gasteiger partial charge in [0.1, 0.15) is 12.1 Å². The van der Waals surface area contributed by atoms with Crippen molar-refractivity contribution in [3.63, 3.8) is 0 Å². The van der Waals surface area contributed by atoms with Gasteiger partial charge < -0.3 is 10.4 Å². The molecule has 0 aromatic heterocycles. The molecule has 0 fully saturated rings. The Kier molecular flexibility index (Phi) is 3.94. The predicted molar refractivity (Wildman–Crippen MR) is 82.7 cm³/mol. The molecule has 0 bridgehead atoms. The molecule has 2 rings (SSSR count). The lowest BCUT2D eigenvalue weighted by Gasteiger charge is -2.39. The van der Waals surface area contributed by atoms with E-state index in [1.54, 1.807) is 6.92 Å². The summed E-state index contributed by atoms with van der Waals surface area (Å²) in [6.07, 6.45) is 0. The van der Waals surface area contributed by atoms with Gasteiger partial charge in [-0.3, -0.25) is 9.69 Å². The maximum atomic E-state index is 12.7. The molecule has 2 atom stereocenters. The number of hydrogen-bond acceptors (Lipinski definition) is 3. The number of carboxylic acid groups (broad SMARTS) is 1. The molecule has 114 valence electrons. The molecule has 1 amide bonds. The molecule has 1 heterocycles. The number of hydrogen-bond donors (Lipinski definition) is 2. The highest BCUT2D eigenvalue weighted by Crippen LogP contribution is 2.36. The lowest BCUT2D eigenvalue weighted by molar-refractivity contribution is -0.139. The summed E-state index contributed by atoms with van der Waals surface area (Å²) < 4.78 is 0. The second kappa shape index (κ2) is 5.39. The van der Waals surface area contributed by atoms with E-state index in [0.717, 1.165) is 16.8 Å². The van der Waals surface area contributed by atoms with Crippen molar-refractivity contribution in [3.8, 4) is 0 Å². The number of carbonyl (C=O) groups excluding carboxylic acids is 1. The summed E-state index contributed by atoms with van der Waals surface area (Å²) in [5.74, 6) is -1.11. The minimum Gasteiger partial charge on any atom is -0.480 e. The molecule has 1 aliphatic rings. The van der Waals surface area contributed by atoms with E-state index in [1.165, 1.54) is 4.90 Å². The van der Waals surface area contributed by atoms with Crippen molar-refractivity contribution in [2.75, 3.05) is 10.2 Å². The van der Waals surface area contributed by atoms with Crippen LogP contribution in [0, 0.1) is 19.8 Å². The Balaban J connectivity index is 2.59. The summed E-state index contributed by atoms with van der Waals surface area (Å²) in [5, 5.41) is 12.6. The van der Waals surface area contributed by atoms with Gasteiger partial charge in [-0.2, -0.15) is 0 Å². The Morgan fingerprint density at radius 3 is 2.33 bits per heavy atom. The molecular formula is C16H22N2O3. The van der Waals surface area contributed by atoms with Crippen LogP contribution in [0.3, 0.4) is 0 Å². The summed E-state index contributed by atoms with van der Waals surface area (Å²) in [4.78, 5) is 25.4. The average molecular weight is 290 g/mol. The normalized spacial score (nSPS) is 19.2. The van der Waals surface area contributed by atoms with Gasteiger partial charge in [0.25, 0.3) is 5.91 Å². The van der Waals surface area contributed by atoms with Crippen LogP contribution < -0.4 is 10.2 Å².